The predicted molar refractivity (Wildman–Crippen MR) is 72.3 cm³/mol. The topological polar surface area (TPSA) is 50.4 Å². The van der Waals surface area contributed by atoms with Gasteiger partial charge in [-0.25, -0.2) is 0 Å². The minimum atomic E-state index is -0.682. The van der Waals surface area contributed by atoms with E-state index >= 15 is 0 Å². The number of hydrogen-bond donors (Lipinski definition) is 1. The normalized spacial score (nSPS) is 11.1. The van der Waals surface area contributed by atoms with Gasteiger partial charge in [0.05, 0.1) is 6.26 Å². The zero-order chi connectivity index (χ0) is 13.1. The summed E-state index contributed by atoms with van der Waals surface area (Å²) in [4.78, 5) is 10.3. The molecule has 1 heterocycles. The third-order valence-electron chi connectivity index (χ3n) is 2.84. The molecule has 0 bridgehead atoms. The zero-order valence-electron chi connectivity index (χ0n) is 10.8. The van der Waals surface area contributed by atoms with Gasteiger partial charge in [-0.3, -0.25) is 4.79 Å². The molecule has 3 heteroatoms. The molecule has 0 spiro atoms. The highest BCUT2D eigenvalue weighted by atomic mass is 16.4. The fourth-order valence-corrected chi connectivity index (χ4v) is 1.83. The van der Waals surface area contributed by atoms with E-state index in [1.807, 2.05) is 18.2 Å². The Morgan fingerprint density at radius 3 is 2.56 bits per heavy atom. The van der Waals surface area contributed by atoms with Crippen molar-refractivity contribution in [2.75, 3.05) is 0 Å². The second-order valence-corrected chi connectivity index (χ2v) is 4.47. The van der Waals surface area contributed by atoms with Crippen molar-refractivity contribution < 1.29 is 14.3 Å². The van der Waals surface area contributed by atoms with Gasteiger partial charge in [-0.15, -0.1) is 0 Å². The van der Waals surface area contributed by atoms with E-state index in [4.69, 9.17) is 9.52 Å². The van der Waals surface area contributed by atoms with Gasteiger partial charge in [0.1, 0.15) is 5.76 Å². The van der Waals surface area contributed by atoms with Crippen LogP contribution in [-0.4, -0.2) is 11.1 Å². The molecule has 0 aliphatic carbocycles. The van der Waals surface area contributed by atoms with Crippen LogP contribution in [0.2, 0.25) is 0 Å². The molecule has 1 N–H and O–H groups in total. The average molecular weight is 250 g/mol. The van der Waals surface area contributed by atoms with Crippen LogP contribution < -0.4 is 0 Å². The van der Waals surface area contributed by atoms with Crippen LogP contribution >= 0.6 is 0 Å². The second kappa shape index (κ2) is 9.51. The summed E-state index contributed by atoms with van der Waals surface area (Å²) in [6.07, 6.45) is 13.8. The van der Waals surface area contributed by atoms with Gasteiger partial charge >= 0.3 is 5.97 Å². The third-order valence-corrected chi connectivity index (χ3v) is 2.84. The molecule has 1 rings (SSSR count). The number of rotatable bonds is 10. The molecule has 0 atom stereocenters. The highest BCUT2D eigenvalue weighted by Gasteiger charge is 1.96. The van der Waals surface area contributed by atoms with E-state index in [9.17, 15) is 4.79 Å². The highest BCUT2D eigenvalue weighted by molar-refractivity contribution is 5.66. The van der Waals surface area contributed by atoms with Crippen LogP contribution in [-0.2, 0) is 4.79 Å². The average Bonchev–Trinajstić information content (AvgIpc) is 2.84. The largest absolute Gasteiger partial charge is 0.481 e. The van der Waals surface area contributed by atoms with Crippen molar-refractivity contribution in [3.63, 3.8) is 0 Å². The summed E-state index contributed by atoms with van der Waals surface area (Å²) in [5, 5.41) is 8.48. The molecular weight excluding hydrogens is 228 g/mol. The minimum Gasteiger partial charge on any atom is -0.481 e. The van der Waals surface area contributed by atoms with Gasteiger partial charge in [-0.05, 0) is 37.5 Å². The Hall–Kier alpha value is -1.51. The van der Waals surface area contributed by atoms with Gasteiger partial charge in [0.25, 0.3) is 0 Å². The molecular formula is C15H22O3. The van der Waals surface area contributed by atoms with Crippen LogP contribution in [0, 0.1) is 0 Å². The standard InChI is InChI=1S/C15H22O3/c16-15(17)12-8-6-4-2-1-3-5-7-10-14-11-9-13-18-14/h7,9-11,13H,1-6,8,12H2,(H,16,17). The molecule has 1 aromatic heterocycles. The Kier molecular flexibility index (Phi) is 7.69. The van der Waals surface area contributed by atoms with Crippen molar-refractivity contribution in [2.24, 2.45) is 0 Å². The maximum atomic E-state index is 10.3. The molecule has 0 aliphatic rings. The van der Waals surface area contributed by atoms with Crippen LogP contribution in [0.25, 0.3) is 6.08 Å². The Morgan fingerprint density at radius 1 is 1.17 bits per heavy atom. The van der Waals surface area contributed by atoms with Gasteiger partial charge in [0, 0.05) is 6.42 Å². The lowest BCUT2D eigenvalue weighted by atomic mass is 10.1. The fourth-order valence-electron chi connectivity index (χ4n) is 1.83. The van der Waals surface area contributed by atoms with Gasteiger partial charge < -0.3 is 9.52 Å². The summed E-state index contributed by atoms with van der Waals surface area (Å²) >= 11 is 0. The number of carbonyl (C=O) groups is 1. The van der Waals surface area contributed by atoms with E-state index in [1.54, 1.807) is 6.26 Å². The Bertz CT molecular complexity index is 339. The molecule has 1 aromatic rings. The van der Waals surface area contributed by atoms with Crippen LogP contribution in [0.4, 0.5) is 0 Å². The molecule has 18 heavy (non-hydrogen) atoms. The lowest BCUT2D eigenvalue weighted by molar-refractivity contribution is -0.137. The first-order chi connectivity index (χ1) is 8.79. The number of furan rings is 1. The Labute approximate surface area is 109 Å². The summed E-state index contributed by atoms with van der Waals surface area (Å²) in [6.45, 7) is 0. The van der Waals surface area contributed by atoms with E-state index < -0.39 is 5.97 Å². The molecule has 3 nitrogen and oxygen atoms in total. The number of carboxylic acids is 1. The molecule has 0 saturated heterocycles. The summed E-state index contributed by atoms with van der Waals surface area (Å²) in [5.41, 5.74) is 0. The molecule has 0 amide bonds. The van der Waals surface area contributed by atoms with Crippen molar-refractivity contribution in [3.05, 3.63) is 30.2 Å². The highest BCUT2D eigenvalue weighted by Crippen LogP contribution is 2.10. The second-order valence-electron chi connectivity index (χ2n) is 4.47. The van der Waals surface area contributed by atoms with E-state index in [0.29, 0.717) is 6.42 Å². The maximum Gasteiger partial charge on any atom is 0.303 e. The van der Waals surface area contributed by atoms with Crippen LogP contribution in [0.5, 0.6) is 0 Å². The lowest BCUT2D eigenvalue weighted by Crippen LogP contribution is -1.93. The number of aliphatic carboxylic acids is 1. The lowest BCUT2D eigenvalue weighted by Gasteiger charge is -1.99. The van der Waals surface area contributed by atoms with E-state index in [-0.39, 0.29) is 0 Å². The predicted octanol–water partition coefficient (Wildman–Crippen LogP) is 4.50. The molecule has 0 radical (unpaired) electrons. The summed E-state index contributed by atoms with van der Waals surface area (Å²) < 4.78 is 5.19. The van der Waals surface area contributed by atoms with Crippen LogP contribution in [0.15, 0.2) is 28.9 Å². The Morgan fingerprint density at radius 2 is 1.89 bits per heavy atom. The molecule has 0 aromatic carbocycles. The van der Waals surface area contributed by atoms with Crippen molar-refractivity contribution in [3.8, 4) is 0 Å². The van der Waals surface area contributed by atoms with Crippen LogP contribution in [0.1, 0.15) is 57.1 Å². The van der Waals surface area contributed by atoms with Gasteiger partial charge in [0.15, 0.2) is 0 Å². The first kappa shape index (κ1) is 14.6. The maximum absolute atomic E-state index is 10.3. The molecule has 0 fully saturated rings. The third kappa shape index (κ3) is 7.71. The smallest absolute Gasteiger partial charge is 0.303 e. The Balaban J connectivity index is 1.85. The first-order valence-corrected chi connectivity index (χ1v) is 6.71. The van der Waals surface area contributed by atoms with E-state index in [2.05, 4.69) is 6.08 Å². The molecule has 0 aliphatic heterocycles. The SMILES string of the molecule is O=C(O)CCCCCCCCC=Cc1ccco1. The molecule has 0 unspecified atom stereocenters. The van der Waals surface area contributed by atoms with Crippen molar-refractivity contribution in [2.45, 2.75) is 51.4 Å². The van der Waals surface area contributed by atoms with Gasteiger partial charge in [-0.2, -0.15) is 0 Å². The number of hydrogen-bond acceptors (Lipinski definition) is 2. The number of carboxylic acid groups (broad SMARTS) is 1. The number of allylic oxidation sites excluding steroid dienone is 1. The first-order valence-electron chi connectivity index (χ1n) is 6.71. The van der Waals surface area contributed by atoms with Crippen molar-refractivity contribution in [1.82, 2.24) is 0 Å². The van der Waals surface area contributed by atoms with Gasteiger partial charge in [-0.1, -0.05) is 31.8 Å². The van der Waals surface area contributed by atoms with Crippen molar-refractivity contribution >= 4 is 12.0 Å². The van der Waals surface area contributed by atoms with Crippen molar-refractivity contribution in [1.29, 1.82) is 0 Å². The number of unbranched alkanes of at least 4 members (excludes halogenated alkanes) is 6. The quantitative estimate of drug-likeness (QED) is 0.622. The summed E-state index contributed by atoms with van der Waals surface area (Å²) in [7, 11) is 0. The monoisotopic (exact) mass is 250 g/mol. The molecule has 100 valence electrons. The summed E-state index contributed by atoms with van der Waals surface area (Å²) in [5.74, 6) is 0.224. The zero-order valence-corrected chi connectivity index (χ0v) is 10.8. The van der Waals surface area contributed by atoms with Crippen LogP contribution in [0.3, 0.4) is 0 Å². The fraction of sp³-hybridized carbons (Fsp3) is 0.533. The summed E-state index contributed by atoms with van der Waals surface area (Å²) in [6, 6.07) is 3.83. The minimum absolute atomic E-state index is 0.311. The van der Waals surface area contributed by atoms with E-state index in [0.717, 1.165) is 31.4 Å². The molecule has 0 saturated carbocycles. The van der Waals surface area contributed by atoms with Gasteiger partial charge in [0.2, 0.25) is 0 Å². The van der Waals surface area contributed by atoms with E-state index in [1.165, 1.54) is 19.3 Å².